The first-order valence-corrected chi connectivity index (χ1v) is 12.2. The van der Waals surface area contributed by atoms with E-state index in [1.165, 1.54) is 38.5 Å². The molecule has 0 saturated heterocycles. The van der Waals surface area contributed by atoms with Crippen molar-refractivity contribution in [3.8, 4) is 0 Å². The number of esters is 1. The number of benzene rings is 1. The van der Waals surface area contributed by atoms with Gasteiger partial charge in [0.15, 0.2) is 0 Å². The fraction of sp³-hybridized carbons (Fsp3) is 0.692. The normalized spacial score (nSPS) is 10.8. The molecule has 30 heavy (non-hydrogen) atoms. The molecule has 0 atom stereocenters. The van der Waals surface area contributed by atoms with Crippen LogP contribution in [0, 0.1) is 0 Å². The first-order chi connectivity index (χ1) is 14.7. The second-order valence-electron chi connectivity index (χ2n) is 8.16. The zero-order valence-corrected chi connectivity index (χ0v) is 19.6. The maximum Gasteiger partial charge on any atom is 0.338 e. The molecular formula is C26H43NO3. The number of unbranched alkanes of at least 4 members (excludes halogenated alkanes) is 9. The van der Waals surface area contributed by atoms with E-state index in [1.807, 2.05) is 11.0 Å². The molecule has 0 aromatic heterocycles. The van der Waals surface area contributed by atoms with Crippen LogP contribution in [0.25, 0.3) is 0 Å². The van der Waals surface area contributed by atoms with Crippen molar-refractivity contribution in [1.82, 2.24) is 4.90 Å². The quantitative estimate of drug-likeness (QED) is 0.202. The van der Waals surface area contributed by atoms with Gasteiger partial charge in [-0.1, -0.05) is 90.7 Å². The third kappa shape index (κ3) is 10.3. The van der Waals surface area contributed by atoms with Gasteiger partial charge in [-0.3, -0.25) is 4.79 Å². The lowest BCUT2D eigenvalue weighted by Crippen LogP contribution is -2.34. The zero-order valence-electron chi connectivity index (χ0n) is 19.6. The Morgan fingerprint density at radius 3 is 1.73 bits per heavy atom. The van der Waals surface area contributed by atoms with Crippen molar-refractivity contribution in [2.45, 2.75) is 97.8 Å². The van der Waals surface area contributed by atoms with Crippen molar-refractivity contribution in [2.24, 2.45) is 0 Å². The lowest BCUT2D eigenvalue weighted by atomic mass is 10.1. The molecule has 0 aliphatic carbocycles. The van der Waals surface area contributed by atoms with Crippen LogP contribution in [0.5, 0.6) is 0 Å². The highest BCUT2D eigenvalue weighted by atomic mass is 16.5. The molecule has 4 nitrogen and oxygen atoms in total. The highest BCUT2D eigenvalue weighted by Crippen LogP contribution is 2.16. The maximum absolute atomic E-state index is 13.4. The van der Waals surface area contributed by atoms with Crippen LogP contribution in [-0.4, -0.2) is 36.5 Å². The molecule has 4 heteroatoms. The molecule has 0 bridgehead atoms. The molecule has 1 aromatic carbocycles. The number of nitrogens with zero attached hydrogens (tertiary/aromatic N) is 1. The van der Waals surface area contributed by atoms with Gasteiger partial charge in [0.25, 0.3) is 5.91 Å². The van der Waals surface area contributed by atoms with Crippen LogP contribution in [0.4, 0.5) is 0 Å². The summed E-state index contributed by atoms with van der Waals surface area (Å²) in [7, 11) is 0. The fourth-order valence-electron chi connectivity index (χ4n) is 3.53. The topological polar surface area (TPSA) is 46.6 Å². The largest absolute Gasteiger partial charge is 0.462 e. The standard InChI is InChI=1S/C26H43NO3/c1-4-7-10-12-16-20-27(21-17-13-11-8-5-2)25(28)23-18-14-15-19-24(23)26(29)30-22-9-6-3/h14-15,18-19H,4-13,16-17,20-22H2,1-3H3. The van der Waals surface area contributed by atoms with Gasteiger partial charge in [0.05, 0.1) is 17.7 Å². The van der Waals surface area contributed by atoms with E-state index in [-0.39, 0.29) is 5.91 Å². The molecule has 0 saturated carbocycles. The number of ether oxygens (including phenoxy) is 1. The maximum atomic E-state index is 13.4. The minimum absolute atomic E-state index is 0.0379. The molecule has 0 heterocycles. The summed E-state index contributed by atoms with van der Waals surface area (Å²) in [4.78, 5) is 27.9. The van der Waals surface area contributed by atoms with Gasteiger partial charge in [0.2, 0.25) is 0 Å². The highest BCUT2D eigenvalue weighted by Gasteiger charge is 2.22. The smallest absolute Gasteiger partial charge is 0.338 e. The monoisotopic (exact) mass is 417 g/mol. The summed E-state index contributed by atoms with van der Waals surface area (Å²) in [5.74, 6) is -0.428. The Kier molecular flexibility index (Phi) is 14.8. The average molecular weight is 418 g/mol. The van der Waals surface area contributed by atoms with E-state index in [2.05, 4.69) is 20.8 Å². The predicted molar refractivity (Wildman–Crippen MR) is 125 cm³/mol. The molecular weight excluding hydrogens is 374 g/mol. The number of amides is 1. The van der Waals surface area contributed by atoms with Crippen LogP contribution in [-0.2, 0) is 4.74 Å². The van der Waals surface area contributed by atoms with Gasteiger partial charge >= 0.3 is 5.97 Å². The third-order valence-corrected chi connectivity index (χ3v) is 5.46. The van der Waals surface area contributed by atoms with Crippen LogP contribution in [0.3, 0.4) is 0 Å². The van der Waals surface area contributed by atoms with Gasteiger partial charge in [-0.15, -0.1) is 0 Å². The lowest BCUT2D eigenvalue weighted by Gasteiger charge is -2.24. The molecule has 1 aromatic rings. The van der Waals surface area contributed by atoms with Crippen molar-refractivity contribution in [2.75, 3.05) is 19.7 Å². The molecule has 1 amide bonds. The number of carbonyl (C=O) groups is 2. The predicted octanol–water partition coefficient (Wildman–Crippen LogP) is 7.03. The van der Waals surface area contributed by atoms with Gasteiger partial charge in [0.1, 0.15) is 0 Å². The molecule has 170 valence electrons. The summed E-state index contributed by atoms with van der Waals surface area (Å²) in [6, 6.07) is 7.10. The molecule has 0 radical (unpaired) electrons. The SMILES string of the molecule is CCCCCCCN(CCCCCCC)C(=O)c1ccccc1C(=O)OCCCC. The van der Waals surface area contributed by atoms with Crippen LogP contribution in [0.15, 0.2) is 24.3 Å². The molecule has 0 spiro atoms. The summed E-state index contributed by atoms with van der Waals surface area (Å²) in [6.45, 7) is 8.40. The van der Waals surface area contributed by atoms with Gasteiger partial charge in [0, 0.05) is 13.1 Å². The Balaban J connectivity index is 2.81. The van der Waals surface area contributed by atoms with E-state index in [9.17, 15) is 9.59 Å². The van der Waals surface area contributed by atoms with Crippen molar-refractivity contribution in [1.29, 1.82) is 0 Å². The molecule has 0 aliphatic heterocycles. The number of rotatable bonds is 17. The Morgan fingerprint density at radius 1 is 0.700 bits per heavy atom. The van der Waals surface area contributed by atoms with E-state index >= 15 is 0 Å². The summed E-state index contributed by atoms with van der Waals surface area (Å²) >= 11 is 0. The summed E-state index contributed by atoms with van der Waals surface area (Å²) in [5, 5.41) is 0. The molecule has 0 aliphatic rings. The van der Waals surface area contributed by atoms with Gasteiger partial charge in [-0.25, -0.2) is 4.79 Å². The number of hydrogen-bond donors (Lipinski definition) is 0. The Labute approximate surface area is 184 Å². The van der Waals surface area contributed by atoms with E-state index < -0.39 is 5.97 Å². The Hall–Kier alpha value is -1.84. The third-order valence-electron chi connectivity index (χ3n) is 5.46. The summed E-state index contributed by atoms with van der Waals surface area (Å²) in [5.41, 5.74) is 0.863. The second-order valence-corrected chi connectivity index (χ2v) is 8.16. The zero-order chi connectivity index (χ0) is 22.0. The molecule has 1 rings (SSSR count). The molecule has 0 N–H and O–H groups in total. The summed E-state index contributed by atoms with van der Waals surface area (Å²) < 4.78 is 5.38. The first-order valence-electron chi connectivity index (χ1n) is 12.2. The van der Waals surface area contributed by atoms with Crippen molar-refractivity contribution in [3.63, 3.8) is 0 Å². The van der Waals surface area contributed by atoms with Gasteiger partial charge in [-0.2, -0.15) is 0 Å². The molecule has 0 unspecified atom stereocenters. The highest BCUT2D eigenvalue weighted by molar-refractivity contribution is 6.05. The van der Waals surface area contributed by atoms with E-state index in [1.54, 1.807) is 18.2 Å². The van der Waals surface area contributed by atoms with Crippen LogP contribution in [0.2, 0.25) is 0 Å². The second kappa shape index (κ2) is 16.9. The fourth-order valence-corrected chi connectivity index (χ4v) is 3.53. The van der Waals surface area contributed by atoms with E-state index in [0.717, 1.165) is 51.6 Å². The Bertz CT molecular complexity index is 586. The summed E-state index contributed by atoms with van der Waals surface area (Å²) in [6.07, 6.45) is 13.5. The minimum Gasteiger partial charge on any atom is -0.462 e. The van der Waals surface area contributed by atoms with E-state index in [0.29, 0.717) is 17.7 Å². The van der Waals surface area contributed by atoms with Gasteiger partial charge < -0.3 is 9.64 Å². The Morgan fingerprint density at radius 2 is 1.20 bits per heavy atom. The average Bonchev–Trinajstić information content (AvgIpc) is 2.77. The number of carbonyl (C=O) groups excluding carboxylic acids is 2. The lowest BCUT2D eigenvalue weighted by molar-refractivity contribution is 0.0492. The van der Waals surface area contributed by atoms with Crippen molar-refractivity contribution >= 4 is 11.9 Å². The molecule has 0 fully saturated rings. The number of hydrogen-bond acceptors (Lipinski definition) is 3. The van der Waals surface area contributed by atoms with Crippen LogP contribution < -0.4 is 0 Å². The minimum atomic E-state index is -0.391. The van der Waals surface area contributed by atoms with Gasteiger partial charge in [-0.05, 0) is 31.4 Å². The van der Waals surface area contributed by atoms with Crippen molar-refractivity contribution in [3.05, 3.63) is 35.4 Å². The van der Waals surface area contributed by atoms with E-state index in [4.69, 9.17) is 4.74 Å². The first kappa shape index (κ1) is 26.2. The van der Waals surface area contributed by atoms with Crippen molar-refractivity contribution < 1.29 is 14.3 Å². The van der Waals surface area contributed by atoms with Crippen LogP contribution in [0.1, 0.15) is 119 Å². The van der Waals surface area contributed by atoms with Crippen LogP contribution >= 0.6 is 0 Å².